The molecule has 0 bridgehead atoms. The molecule has 0 aromatic carbocycles. The van der Waals surface area contributed by atoms with Gasteiger partial charge in [0.15, 0.2) is 37.2 Å². The Bertz CT molecular complexity index is 2230. The minimum Gasteiger partial charge on any atom is -0.697 e. The summed E-state index contributed by atoms with van der Waals surface area (Å²) in [4.78, 5) is 79.7. The van der Waals surface area contributed by atoms with E-state index >= 15 is 0 Å². The van der Waals surface area contributed by atoms with Gasteiger partial charge in [0, 0.05) is 96.3 Å². The Hall–Kier alpha value is -6.37. The fourth-order valence-corrected chi connectivity index (χ4v) is 8.30. The van der Waals surface area contributed by atoms with Gasteiger partial charge in [0.2, 0.25) is 0 Å². The van der Waals surface area contributed by atoms with Crippen LogP contribution >= 0.6 is 0 Å². The molecule has 0 aromatic rings. The van der Waals surface area contributed by atoms with Crippen LogP contribution in [-0.2, 0) is 104 Å². The third-order valence-corrected chi connectivity index (χ3v) is 11.2. The van der Waals surface area contributed by atoms with Crippen LogP contribution in [0.1, 0.15) is 54.4 Å². The summed E-state index contributed by atoms with van der Waals surface area (Å²) < 4.78 is 59.7. The SMILES string of the molecule is CC(=O)OC1[C@H](O[C@@H]2C(OC(C)=O)[C@H](N=[N+]=[N-])CC(N=[N+]=[N-])[C@@H]2O[C@@H]2OC(CN=[N+]=[N-])[C@H](C)[C@H](C)C2N=[N+]=[N-])O[C@H](CC([NH-])=O)[C@@H]1O[C@H]1O[C@@H](CN=[N+]=[N-])[C@@H](OC(C)=O)C(OC(C)=O)C1N=[N+]=[N-].[C-]#C.[Y]. The minimum absolute atomic E-state index is 0. The number of terminal acetylenes is 1. The van der Waals surface area contributed by atoms with E-state index in [1.165, 1.54) is 0 Å². The zero-order chi connectivity index (χ0) is 52.2. The van der Waals surface area contributed by atoms with E-state index < -0.39 is 159 Å². The normalized spacial score (nSPS) is 34.6. The first-order valence-corrected chi connectivity index (χ1v) is 20.8. The maximum atomic E-state index is 12.9. The number of amides is 1. The Morgan fingerprint density at radius 2 is 0.958 bits per heavy atom. The summed E-state index contributed by atoms with van der Waals surface area (Å²) in [5.41, 5.74) is 64.7. The molecule has 34 nitrogen and oxygen atoms in total. The monoisotopic (exact) mass is 1070 g/mol. The summed E-state index contributed by atoms with van der Waals surface area (Å²) in [6.45, 7) is 6.61. The summed E-state index contributed by atoms with van der Waals surface area (Å²) in [6.07, 6.45) is -13.6. The van der Waals surface area contributed by atoms with Gasteiger partial charge in [-0.15, -0.1) is 0 Å². The Labute approximate surface area is 427 Å². The van der Waals surface area contributed by atoms with Gasteiger partial charge in [-0.1, -0.05) is 44.5 Å². The van der Waals surface area contributed by atoms with E-state index in [4.69, 9.17) is 70.6 Å². The van der Waals surface area contributed by atoms with E-state index in [0.717, 1.165) is 27.7 Å². The molecule has 1 aliphatic carbocycles. The Morgan fingerprint density at radius 1 is 0.535 bits per heavy atom. The van der Waals surface area contributed by atoms with E-state index in [2.05, 4.69) is 66.6 Å². The van der Waals surface area contributed by atoms with Crippen molar-refractivity contribution in [2.24, 2.45) is 42.5 Å². The summed E-state index contributed by atoms with van der Waals surface area (Å²) >= 11 is 0. The van der Waals surface area contributed by atoms with Crippen LogP contribution in [0.3, 0.4) is 0 Å². The fourth-order valence-electron chi connectivity index (χ4n) is 8.30. The van der Waals surface area contributed by atoms with Gasteiger partial charge in [0.1, 0.15) is 30.5 Å². The molecule has 4 rings (SSSR count). The molecule has 0 spiro atoms. The fraction of sp³-hybridized carbons (Fsp3) is 0.806. The van der Waals surface area contributed by atoms with Crippen molar-refractivity contribution in [3.63, 3.8) is 0 Å². The number of ether oxygens (including phenoxy) is 10. The van der Waals surface area contributed by atoms with E-state index in [0.29, 0.717) is 0 Å². The van der Waals surface area contributed by atoms with Gasteiger partial charge in [0.05, 0.1) is 55.4 Å². The van der Waals surface area contributed by atoms with Crippen LogP contribution in [0.4, 0.5) is 0 Å². The molecule has 3 heterocycles. The molecule has 7 unspecified atom stereocenters. The van der Waals surface area contributed by atoms with Crippen molar-refractivity contribution in [1.29, 1.82) is 0 Å². The van der Waals surface area contributed by atoms with Crippen molar-refractivity contribution >= 4 is 29.8 Å². The number of hydrogen-bond donors (Lipinski definition) is 0. The molecule has 4 aliphatic rings. The van der Waals surface area contributed by atoms with Gasteiger partial charge < -0.3 is 70.7 Å². The quantitative estimate of drug-likeness (QED) is 0.0286. The molecule has 3 saturated heterocycles. The second-order valence-corrected chi connectivity index (χ2v) is 15.6. The number of esters is 4. The summed E-state index contributed by atoms with van der Waals surface area (Å²) in [5, 5.41) is 22.2. The van der Waals surface area contributed by atoms with Crippen LogP contribution in [0.15, 0.2) is 30.7 Å². The molecule has 71 heavy (non-hydrogen) atoms. The first-order valence-electron chi connectivity index (χ1n) is 20.8. The van der Waals surface area contributed by atoms with Crippen molar-refractivity contribution in [3.8, 4) is 6.42 Å². The number of rotatable bonds is 20. The molecular weight excluding hydrogens is 1030 g/mol. The van der Waals surface area contributed by atoms with E-state index in [9.17, 15) is 46.1 Å². The molecule has 19 atom stereocenters. The predicted octanol–water partition coefficient (Wildman–Crippen LogP) is 5.23. The maximum absolute atomic E-state index is 12.9. The zero-order valence-electron chi connectivity index (χ0n) is 38.6. The van der Waals surface area contributed by atoms with Gasteiger partial charge in [-0.25, -0.2) is 0 Å². The van der Waals surface area contributed by atoms with Crippen molar-refractivity contribution in [3.05, 3.63) is 74.8 Å². The van der Waals surface area contributed by atoms with E-state index in [-0.39, 0.29) is 45.7 Å². The number of hydrogen-bond acceptors (Lipinski definition) is 21. The predicted molar refractivity (Wildman–Crippen MR) is 228 cm³/mol. The van der Waals surface area contributed by atoms with Crippen molar-refractivity contribution in [2.45, 2.75) is 158 Å². The average Bonchev–Trinajstić information content (AvgIpc) is 3.59. The Kier molecular flexibility index (Phi) is 25.4. The average molecular weight is 1070 g/mol. The number of carbonyl (C=O) groups excluding carboxylic acids is 5. The van der Waals surface area contributed by atoms with Crippen molar-refractivity contribution in [1.82, 2.24) is 0 Å². The molecule has 3 aliphatic heterocycles. The summed E-state index contributed by atoms with van der Waals surface area (Å²) in [7, 11) is 0. The summed E-state index contributed by atoms with van der Waals surface area (Å²) in [6, 6.07) is -5.65. The summed E-state index contributed by atoms with van der Waals surface area (Å²) in [5.74, 6) is -6.05. The zero-order valence-corrected chi connectivity index (χ0v) is 41.5. The van der Waals surface area contributed by atoms with Crippen LogP contribution in [0, 0.1) is 24.7 Å². The van der Waals surface area contributed by atoms with Crippen LogP contribution in [0.2, 0.25) is 0 Å². The van der Waals surface area contributed by atoms with E-state index in [1.54, 1.807) is 13.8 Å². The largest absolute Gasteiger partial charge is 0.697 e. The number of azide groups is 6. The molecule has 0 aromatic heterocycles. The first-order chi connectivity index (χ1) is 33.4. The molecule has 4 fully saturated rings. The molecule has 35 heteroatoms. The van der Waals surface area contributed by atoms with Gasteiger partial charge in [0.25, 0.3) is 0 Å². The molecule has 1 amide bonds. The third-order valence-electron chi connectivity index (χ3n) is 11.2. The second kappa shape index (κ2) is 29.7. The number of nitrogens with one attached hydrogen (secondary N) is 1. The van der Waals surface area contributed by atoms with E-state index in [1.807, 2.05) is 0 Å². The molecule has 381 valence electrons. The molecule has 1 N–H and O–H groups in total. The Balaban J connectivity index is 0.00000568. The number of nitrogens with zero attached hydrogens (tertiary/aromatic N) is 18. The van der Waals surface area contributed by atoms with Crippen LogP contribution in [-0.4, -0.2) is 147 Å². The standard InChI is InChI=1S/C34H47N19O15.C2H.Y/c1-11-12(2)23(46-52-40)32(64-20(11)9-42-48-36)66-26-18(45-51-39)7-17(44-50-38)25(59-13(3)54)30(26)68-34-31(62-16(6)57)27(19(63-34)8-22(35)58)67-33-24(47-53-41)29(61-15(5)56)28(60-14(4)55)21(65-33)10-43-49-37;1-2;/h11-12,17-21,23-34H,7-10H2,1-6H3,(H2,35,58);1H;/q;-1;/p-1/t11-,12+,17-,18?,19-,20?,21+,23?,24?,25?,26+,27+,28-,29?,30-,31?,32+,33-,34+;;/m1../s1. The van der Waals surface area contributed by atoms with Gasteiger partial charge in [-0.05, 0) is 51.4 Å². The molecular formula is C36H47N19O15Y-2. The first kappa shape index (κ1) is 60.8. The number of carbonyl (C=O) groups is 5. The second-order valence-electron chi connectivity index (χ2n) is 15.6. The third kappa shape index (κ3) is 16.3. The maximum Gasteiger partial charge on any atom is 0.303 e. The van der Waals surface area contributed by atoms with Gasteiger partial charge in [-0.2, -0.15) is 0 Å². The van der Waals surface area contributed by atoms with Crippen molar-refractivity contribution < 1.29 is 104 Å². The van der Waals surface area contributed by atoms with Gasteiger partial charge in [-0.3, -0.25) is 19.2 Å². The van der Waals surface area contributed by atoms with Gasteiger partial charge >= 0.3 is 23.9 Å². The van der Waals surface area contributed by atoms with Crippen LogP contribution in [0.25, 0.3) is 68.4 Å². The topological polar surface area (TPSA) is 494 Å². The Morgan fingerprint density at radius 3 is 1.48 bits per heavy atom. The molecule has 1 saturated carbocycles. The molecule has 1 radical (unpaired) electrons. The van der Waals surface area contributed by atoms with Crippen molar-refractivity contribution in [2.75, 3.05) is 13.1 Å². The smallest absolute Gasteiger partial charge is 0.303 e. The van der Waals surface area contributed by atoms with Crippen LogP contribution < -0.4 is 0 Å². The van der Waals surface area contributed by atoms with Crippen LogP contribution in [0.5, 0.6) is 0 Å². The minimum atomic E-state index is -1.96.